The Labute approximate surface area is 178 Å². The van der Waals surface area contributed by atoms with Crippen LogP contribution in [-0.4, -0.2) is 31.2 Å². The zero-order valence-electron chi connectivity index (χ0n) is 16.8. The molecule has 2 heterocycles. The molecule has 0 saturated carbocycles. The molecule has 0 unspecified atom stereocenters. The number of nitrogens with one attached hydrogen (secondary N) is 1. The molecule has 0 aliphatic heterocycles. The van der Waals surface area contributed by atoms with E-state index in [4.69, 9.17) is 5.73 Å². The van der Waals surface area contributed by atoms with Crippen LogP contribution < -0.4 is 11.1 Å². The molecule has 0 radical (unpaired) electrons. The fraction of sp³-hybridized carbons (Fsp3) is 0.182. The maximum atomic E-state index is 12.7. The van der Waals surface area contributed by atoms with E-state index in [2.05, 4.69) is 20.5 Å². The van der Waals surface area contributed by atoms with Crippen LogP contribution in [0.15, 0.2) is 59.8 Å². The minimum Gasteiger partial charge on any atom is -0.369 e. The molecule has 4 rings (SSSR count). The van der Waals surface area contributed by atoms with Gasteiger partial charge in [-0.15, -0.1) is 10.2 Å². The summed E-state index contributed by atoms with van der Waals surface area (Å²) < 4.78 is 1.71. The second-order valence-corrected chi connectivity index (χ2v) is 7.72. The van der Waals surface area contributed by atoms with Crippen molar-refractivity contribution in [3.8, 4) is 11.1 Å². The lowest BCUT2D eigenvalue weighted by atomic mass is 10.0. The van der Waals surface area contributed by atoms with E-state index in [0.29, 0.717) is 16.8 Å². The Bertz CT molecular complexity index is 1210. The Hall–Kier alpha value is -3.39. The first-order chi connectivity index (χ1) is 14.6. The zero-order valence-corrected chi connectivity index (χ0v) is 17.6. The van der Waals surface area contributed by atoms with Gasteiger partial charge in [0.2, 0.25) is 11.9 Å². The van der Waals surface area contributed by atoms with Crippen LogP contribution in [0.1, 0.15) is 18.2 Å². The van der Waals surface area contributed by atoms with Gasteiger partial charge in [-0.3, -0.25) is 4.79 Å². The van der Waals surface area contributed by atoms with Crippen molar-refractivity contribution in [3.63, 3.8) is 0 Å². The van der Waals surface area contributed by atoms with Crippen molar-refractivity contribution in [3.05, 3.63) is 65.9 Å². The summed E-state index contributed by atoms with van der Waals surface area (Å²) in [4.78, 5) is 17.0. The number of fused-ring (bicyclic) bond motifs is 1. The monoisotopic (exact) mass is 418 g/mol. The molecule has 1 amide bonds. The Kier molecular flexibility index (Phi) is 5.67. The van der Waals surface area contributed by atoms with Crippen LogP contribution in [0.5, 0.6) is 0 Å². The number of anilines is 2. The number of benzene rings is 2. The molecule has 0 atom stereocenters. The van der Waals surface area contributed by atoms with Crippen molar-refractivity contribution in [2.24, 2.45) is 0 Å². The third-order valence-corrected chi connectivity index (χ3v) is 5.75. The van der Waals surface area contributed by atoms with Crippen molar-refractivity contribution >= 4 is 35.0 Å². The maximum Gasteiger partial charge on any atom is 0.234 e. The Balaban J connectivity index is 1.52. The summed E-state index contributed by atoms with van der Waals surface area (Å²) in [7, 11) is 0. The number of hydrogen-bond donors (Lipinski definition) is 2. The minimum absolute atomic E-state index is 0.130. The van der Waals surface area contributed by atoms with Crippen LogP contribution >= 0.6 is 11.8 Å². The third-order valence-electron chi connectivity index (χ3n) is 4.82. The molecule has 7 nitrogen and oxygen atoms in total. The van der Waals surface area contributed by atoms with E-state index >= 15 is 0 Å². The summed E-state index contributed by atoms with van der Waals surface area (Å²) >= 11 is 1.28. The first kappa shape index (κ1) is 19.9. The van der Waals surface area contributed by atoms with E-state index in [0.717, 1.165) is 34.5 Å². The molecule has 0 bridgehead atoms. The number of nitrogen functional groups attached to an aromatic ring is 1. The van der Waals surface area contributed by atoms with Crippen LogP contribution in [0.3, 0.4) is 0 Å². The zero-order chi connectivity index (χ0) is 21.1. The second kappa shape index (κ2) is 8.54. The van der Waals surface area contributed by atoms with E-state index in [1.54, 1.807) is 4.40 Å². The molecule has 0 spiro atoms. The highest BCUT2D eigenvalue weighted by atomic mass is 32.2. The number of hydrogen-bond acceptors (Lipinski definition) is 6. The lowest BCUT2D eigenvalue weighted by Crippen LogP contribution is -2.15. The summed E-state index contributed by atoms with van der Waals surface area (Å²) in [5, 5.41) is 12.0. The highest BCUT2D eigenvalue weighted by molar-refractivity contribution is 7.99. The van der Waals surface area contributed by atoms with Crippen LogP contribution in [0.25, 0.3) is 16.8 Å². The van der Waals surface area contributed by atoms with Crippen molar-refractivity contribution in [1.82, 2.24) is 19.6 Å². The predicted molar refractivity (Wildman–Crippen MR) is 121 cm³/mol. The van der Waals surface area contributed by atoms with Gasteiger partial charge < -0.3 is 11.1 Å². The summed E-state index contributed by atoms with van der Waals surface area (Å²) in [5.74, 6) is 0.370. The number of amides is 1. The fourth-order valence-corrected chi connectivity index (χ4v) is 4.15. The second-order valence-electron chi connectivity index (χ2n) is 6.78. The molecule has 2 aromatic heterocycles. The van der Waals surface area contributed by atoms with E-state index in [-0.39, 0.29) is 11.7 Å². The summed E-state index contributed by atoms with van der Waals surface area (Å²) in [5.41, 5.74) is 11.4. The average molecular weight is 419 g/mol. The van der Waals surface area contributed by atoms with Gasteiger partial charge in [0.1, 0.15) is 0 Å². The average Bonchev–Trinajstić information content (AvgIpc) is 3.18. The normalized spacial score (nSPS) is 11.0. The van der Waals surface area contributed by atoms with Gasteiger partial charge in [0.15, 0.2) is 10.8 Å². The summed E-state index contributed by atoms with van der Waals surface area (Å²) in [6, 6.07) is 17.7. The van der Waals surface area contributed by atoms with Crippen molar-refractivity contribution < 1.29 is 4.79 Å². The lowest BCUT2D eigenvalue weighted by molar-refractivity contribution is -0.113. The Morgan fingerprint density at radius 3 is 2.60 bits per heavy atom. The fourth-order valence-electron chi connectivity index (χ4n) is 3.41. The van der Waals surface area contributed by atoms with Gasteiger partial charge in [0.25, 0.3) is 0 Å². The van der Waals surface area contributed by atoms with Crippen molar-refractivity contribution in [1.29, 1.82) is 0 Å². The molecule has 8 heteroatoms. The van der Waals surface area contributed by atoms with Crippen LogP contribution in [-0.2, 0) is 11.2 Å². The number of aromatic nitrogens is 4. The van der Waals surface area contributed by atoms with Crippen molar-refractivity contribution in [2.75, 3.05) is 16.8 Å². The van der Waals surface area contributed by atoms with E-state index in [1.165, 1.54) is 11.8 Å². The quantitative estimate of drug-likeness (QED) is 0.460. The van der Waals surface area contributed by atoms with E-state index in [9.17, 15) is 4.79 Å². The lowest BCUT2D eigenvalue weighted by Gasteiger charge is -2.11. The smallest absolute Gasteiger partial charge is 0.234 e. The number of nitrogens with two attached hydrogens (primary N) is 1. The first-order valence-electron chi connectivity index (χ1n) is 9.65. The van der Waals surface area contributed by atoms with Gasteiger partial charge in [-0.2, -0.15) is 0 Å². The molecular formula is C22H22N6OS. The van der Waals surface area contributed by atoms with Crippen molar-refractivity contribution in [2.45, 2.75) is 25.4 Å². The molecular weight excluding hydrogens is 396 g/mol. The molecule has 0 aliphatic rings. The van der Waals surface area contributed by atoms with Gasteiger partial charge in [0.05, 0.1) is 5.75 Å². The number of nitrogens with zero attached hydrogens (tertiary/aromatic N) is 4. The molecule has 0 saturated heterocycles. The van der Waals surface area contributed by atoms with Gasteiger partial charge in [-0.1, -0.05) is 67.2 Å². The van der Waals surface area contributed by atoms with E-state index < -0.39 is 0 Å². The summed E-state index contributed by atoms with van der Waals surface area (Å²) in [6.07, 6.45) is 0.780. The molecule has 2 aromatic carbocycles. The molecule has 30 heavy (non-hydrogen) atoms. The first-order valence-corrected chi connectivity index (χ1v) is 10.6. The SMILES string of the molecule is CCc1c(C)nc(N)n2c(SCC(=O)Nc3ccccc3-c3ccccc3)nnc12. The Morgan fingerprint density at radius 1 is 1.10 bits per heavy atom. The van der Waals surface area contributed by atoms with Crippen LogP contribution in [0, 0.1) is 6.92 Å². The number of carbonyl (C=O) groups excluding carboxylic acids is 1. The van der Waals surface area contributed by atoms with Crippen LogP contribution in [0.2, 0.25) is 0 Å². The molecule has 3 N–H and O–H groups in total. The number of rotatable bonds is 6. The minimum atomic E-state index is -0.130. The van der Waals surface area contributed by atoms with Gasteiger partial charge in [0, 0.05) is 22.5 Å². The predicted octanol–water partition coefficient (Wildman–Crippen LogP) is 3.98. The molecule has 152 valence electrons. The van der Waals surface area contributed by atoms with Gasteiger partial charge >= 0.3 is 0 Å². The number of aryl methyl sites for hydroxylation is 2. The van der Waals surface area contributed by atoms with Gasteiger partial charge in [-0.05, 0) is 25.0 Å². The summed E-state index contributed by atoms with van der Waals surface area (Å²) in [6.45, 7) is 3.95. The Morgan fingerprint density at radius 2 is 1.83 bits per heavy atom. The molecule has 0 aliphatic carbocycles. The molecule has 4 aromatic rings. The highest BCUT2D eigenvalue weighted by Crippen LogP contribution is 2.28. The largest absolute Gasteiger partial charge is 0.369 e. The standard InChI is InChI=1S/C22H22N6OS/c1-3-16-14(2)24-21(23)28-20(16)26-27-22(28)30-13-19(29)25-18-12-8-7-11-17(18)15-9-5-4-6-10-15/h4-12H,3,13H2,1-2H3,(H2,23,24)(H,25,29). The number of thioether (sulfide) groups is 1. The topological polar surface area (TPSA) is 98.2 Å². The van der Waals surface area contributed by atoms with E-state index in [1.807, 2.05) is 68.4 Å². The highest BCUT2D eigenvalue weighted by Gasteiger charge is 2.17. The van der Waals surface area contributed by atoms with Crippen LogP contribution in [0.4, 0.5) is 11.6 Å². The molecule has 0 fully saturated rings. The van der Waals surface area contributed by atoms with Gasteiger partial charge in [-0.25, -0.2) is 9.38 Å². The number of para-hydroxylation sites is 1. The third kappa shape index (κ3) is 3.86. The maximum absolute atomic E-state index is 12.7. The number of carbonyl (C=O) groups is 1.